The van der Waals surface area contributed by atoms with E-state index >= 15 is 0 Å². The zero-order chi connectivity index (χ0) is 31.5. The van der Waals surface area contributed by atoms with Gasteiger partial charge in [-0.1, -0.05) is 91.0 Å². The number of aliphatic hydroxyl groups excluding tert-OH is 1. The molecule has 0 aliphatic heterocycles. The van der Waals surface area contributed by atoms with E-state index in [2.05, 4.69) is 69.9 Å². The first-order chi connectivity index (χ1) is 20.3. The van der Waals surface area contributed by atoms with E-state index < -0.39 is 0 Å². The third-order valence-corrected chi connectivity index (χ3v) is 9.00. The maximum absolute atomic E-state index is 11.7. The summed E-state index contributed by atoms with van der Waals surface area (Å²) in [7, 11) is 0. The minimum absolute atomic E-state index is 0. The van der Waals surface area contributed by atoms with Gasteiger partial charge in [0.25, 0.3) is 0 Å². The number of hydrogen-bond acceptors (Lipinski definition) is 4. The largest absolute Gasteiger partial charge is 0.512 e. The summed E-state index contributed by atoms with van der Waals surface area (Å²) in [6.45, 7) is 19.6. The van der Waals surface area contributed by atoms with E-state index in [9.17, 15) is 9.90 Å². The molecule has 0 fully saturated rings. The van der Waals surface area contributed by atoms with Crippen LogP contribution in [0.15, 0.2) is 60.8 Å². The van der Waals surface area contributed by atoms with Gasteiger partial charge in [-0.05, 0) is 83.3 Å². The van der Waals surface area contributed by atoms with E-state index in [1.807, 2.05) is 52.4 Å². The fraction of sp³-hybridized carbons (Fsp3) is 0.462. The Hall–Kier alpha value is -2.88. The molecule has 0 spiro atoms. The Balaban J connectivity index is 0.000000286. The molecule has 4 aromatic rings. The van der Waals surface area contributed by atoms with Crippen molar-refractivity contribution >= 4 is 27.3 Å². The second kappa shape index (κ2) is 14.5. The van der Waals surface area contributed by atoms with Gasteiger partial charge in [-0.3, -0.25) is 14.8 Å². The molecule has 0 saturated heterocycles. The zero-order valence-electron chi connectivity index (χ0n) is 28.0. The molecule has 5 rings (SSSR count). The van der Waals surface area contributed by atoms with Gasteiger partial charge in [0.1, 0.15) is 0 Å². The molecule has 2 heterocycles. The number of nitrogens with zero attached hydrogens (tertiary/aromatic N) is 2. The molecule has 0 atom stereocenters. The first-order valence-corrected chi connectivity index (χ1v) is 16.0. The van der Waals surface area contributed by atoms with Crippen molar-refractivity contribution in [2.75, 3.05) is 0 Å². The first kappa shape index (κ1) is 35.6. The molecule has 0 unspecified atom stereocenters. The second-order valence-electron chi connectivity index (χ2n) is 13.8. The SMILES string of the molecule is CC(C)(C)Cc1cc2c3c(nccc3c1)-c1[c-]c3ccncc3cc1C2(C)C.CCC(CC)C(=O)/C=C(\O)C(CC)CC.[Ir]. The van der Waals surface area contributed by atoms with Gasteiger partial charge in [0.05, 0.1) is 5.76 Å². The van der Waals surface area contributed by atoms with E-state index in [1.165, 1.54) is 33.5 Å². The Kier molecular flexibility index (Phi) is 11.7. The summed E-state index contributed by atoms with van der Waals surface area (Å²) in [5, 5.41) is 14.5. The van der Waals surface area contributed by atoms with Gasteiger partial charge in [0.15, 0.2) is 5.78 Å². The van der Waals surface area contributed by atoms with Gasteiger partial charge in [0.2, 0.25) is 0 Å². The van der Waals surface area contributed by atoms with E-state index in [0.717, 1.165) is 54.1 Å². The molecule has 1 aliphatic carbocycles. The number of ketones is 1. The maximum atomic E-state index is 11.7. The first-order valence-electron chi connectivity index (χ1n) is 16.0. The number of benzene rings is 2. The van der Waals surface area contributed by atoms with E-state index in [-0.39, 0.29) is 54.3 Å². The summed E-state index contributed by atoms with van der Waals surface area (Å²) in [6, 6.07) is 14.9. The Bertz CT molecular complexity index is 1640. The monoisotopic (exact) mass is 770 g/mol. The van der Waals surface area contributed by atoms with Crippen molar-refractivity contribution in [3.63, 3.8) is 0 Å². The summed E-state index contributed by atoms with van der Waals surface area (Å²) < 4.78 is 0. The molecule has 2 aromatic carbocycles. The topological polar surface area (TPSA) is 63.1 Å². The summed E-state index contributed by atoms with van der Waals surface area (Å²) in [4.78, 5) is 20.8. The maximum Gasteiger partial charge on any atom is 0.162 e. The molecule has 44 heavy (non-hydrogen) atoms. The number of rotatable bonds is 8. The number of aliphatic hydroxyl groups is 1. The fourth-order valence-electron chi connectivity index (χ4n) is 6.45. The predicted octanol–water partition coefficient (Wildman–Crippen LogP) is 10.3. The van der Waals surface area contributed by atoms with Crippen LogP contribution in [0.1, 0.15) is 105 Å². The van der Waals surface area contributed by atoms with Crippen LogP contribution in [0, 0.1) is 23.3 Å². The summed E-state index contributed by atoms with van der Waals surface area (Å²) in [6.07, 6.45) is 11.7. The van der Waals surface area contributed by atoms with Crippen molar-refractivity contribution in [2.45, 2.75) is 99.8 Å². The number of aromatic nitrogens is 2. The smallest absolute Gasteiger partial charge is 0.162 e. The molecule has 0 saturated carbocycles. The van der Waals surface area contributed by atoms with Gasteiger partial charge < -0.3 is 5.11 Å². The molecule has 4 nitrogen and oxygen atoms in total. The molecular formula is C39H49IrN2O2-. The normalized spacial score (nSPS) is 13.8. The van der Waals surface area contributed by atoms with E-state index in [1.54, 1.807) is 0 Å². The van der Waals surface area contributed by atoms with E-state index in [4.69, 9.17) is 4.98 Å². The predicted molar refractivity (Wildman–Crippen MR) is 180 cm³/mol. The molecule has 5 heteroatoms. The molecule has 1 N–H and O–H groups in total. The molecule has 0 bridgehead atoms. The van der Waals surface area contributed by atoms with Crippen LogP contribution >= 0.6 is 0 Å². The van der Waals surface area contributed by atoms with Crippen molar-refractivity contribution in [2.24, 2.45) is 17.3 Å². The zero-order valence-corrected chi connectivity index (χ0v) is 30.4. The van der Waals surface area contributed by atoms with Crippen molar-refractivity contribution in [1.82, 2.24) is 9.97 Å². The van der Waals surface area contributed by atoms with Gasteiger partial charge in [-0.2, -0.15) is 0 Å². The number of hydrogen-bond donors (Lipinski definition) is 1. The van der Waals surface area contributed by atoms with Crippen LogP contribution < -0.4 is 0 Å². The van der Waals surface area contributed by atoms with Crippen LogP contribution in [0.3, 0.4) is 0 Å². The number of pyridine rings is 2. The van der Waals surface area contributed by atoms with Crippen LogP contribution in [0.4, 0.5) is 0 Å². The summed E-state index contributed by atoms with van der Waals surface area (Å²) in [5.74, 6) is 0.547. The Labute approximate surface area is 278 Å². The standard InChI is InChI=1S/C26H25N2.C13H24O2.Ir/c1-25(2,3)14-16-10-18-7-9-28-24-20-12-17-6-8-27-15-19(17)13-21(20)26(4,5)22(11-16)23(18)24;1-5-10(6-2)12(14)9-13(15)11(7-3)8-4;/h6-11,13,15H,14H2,1-5H3;9-11,14H,5-8H2,1-4H3;/q-1;;/b;12-9-;. The summed E-state index contributed by atoms with van der Waals surface area (Å²) in [5.41, 5.74) is 6.38. The van der Waals surface area contributed by atoms with E-state index in [0.29, 0.717) is 0 Å². The van der Waals surface area contributed by atoms with Crippen molar-refractivity contribution < 1.29 is 30.0 Å². The third-order valence-electron chi connectivity index (χ3n) is 9.00. The van der Waals surface area contributed by atoms with Crippen LogP contribution in [0.2, 0.25) is 0 Å². The average Bonchev–Trinajstić information content (AvgIpc) is 2.96. The minimum atomic E-state index is -0.113. The number of fused-ring (bicyclic) bond motifs is 3. The van der Waals surface area contributed by atoms with Gasteiger partial charge >= 0.3 is 0 Å². The number of carbonyl (C=O) groups is 1. The van der Waals surface area contributed by atoms with Crippen LogP contribution in [0.25, 0.3) is 32.8 Å². The van der Waals surface area contributed by atoms with Crippen LogP contribution in [-0.4, -0.2) is 20.9 Å². The van der Waals surface area contributed by atoms with Crippen LogP contribution in [0.5, 0.6) is 0 Å². The summed E-state index contributed by atoms with van der Waals surface area (Å²) >= 11 is 0. The number of allylic oxidation sites excluding steroid dienone is 2. The van der Waals surface area contributed by atoms with Crippen molar-refractivity contribution in [1.29, 1.82) is 0 Å². The Morgan fingerprint density at radius 2 is 1.59 bits per heavy atom. The molecule has 1 aliphatic rings. The molecule has 237 valence electrons. The third kappa shape index (κ3) is 7.49. The fourth-order valence-corrected chi connectivity index (χ4v) is 6.45. The molecule has 1 radical (unpaired) electrons. The quantitative estimate of drug-likeness (QED) is 0.110. The molecule has 0 amide bonds. The van der Waals surface area contributed by atoms with Gasteiger partial charge in [-0.15, -0.1) is 23.6 Å². The molecule has 2 aromatic heterocycles. The minimum Gasteiger partial charge on any atom is -0.512 e. The Morgan fingerprint density at radius 3 is 2.20 bits per heavy atom. The number of carbonyl (C=O) groups excluding carboxylic acids is 1. The second-order valence-corrected chi connectivity index (χ2v) is 13.8. The van der Waals surface area contributed by atoms with Crippen LogP contribution in [-0.2, 0) is 36.7 Å². The Morgan fingerprint density at radius 1 is 0.932 bits per heavy atom. The van der Waals surface area contributed by atoms with Crippen molar-refractivity contribution in [3.05, 3.63) is 83.5 Å². The van der Waals surface area contributed by atoms with Gasteiger partial charge in [0, 0.05) is 49.9 Å². The van der Waals surface area contributed by atoms with Gasteiger partial charge in [-0.25, -0.2) is 0 Å². The van der Waals surface area contributed by atoms with Crippen molar-refractivity contribution in [3.8, 4) is 11.3 Å². The average molecular weight is 770 g/mol. The molecular weight excluding hydrogens is 721 g/mol.